The van der Waals surface area contributed by atoms with Crippen molar-refractivity contribution in [3.05, 3.63) is 18.0 Å². The minimum atomic E-state index is 0.109. The number of hydrogen-bond donors (Lipinski definition) is 2. The van der Waals surface area contributed by atoms with Crippen LogP contribution in [0.5, 0.6) is 0 Å². The summed E-state index contributed by atoms with van der Waals surface area (Å²) in [5, 5.41) is 12.2. The van der Waals surface area contributed by atoms with Crippen molar-refractivity contribution in [1.29, 1.82) is 0 Å². The van der Waals surface area contributed by atoms with E-state index in [0.29, 0.717) is 19.1 Å². The molecule has 0 aromatic carbocycles. The molecular formula is C12H22N4O2. The fraction of sp³-hybridized carbons (Fsp3) is 0.667. The molecule has 0 spiro atoms. The smallest absolute Gasteiger partial charge is 0.225 e. The van der Waals surface area contributed by atoms with Gasteiger partial charge in [-0.05, 0) is 6.92 Å². The lowest BCUT2D eigenvalue weighted by atomic mass is 10.3. The molecular weight excluding hydrogens is 232 g/mol. The van der Waals surface area contributed by atoms with Gasteiger partial charge in [0.05, 0.1) is 13.2 Å². The van der Waals surface area contributed by atoms with E-state index < -0.39 is 0 Å². The topological polar surface area (TPSA) is 70.5 Å². The fourth-order valence-electron chi connectivity index (χ4n) is 1.53. The summed E-state index contributed by atoms with van der Waals surface area (Å²) in [5.41, 5.74) is 1.04. The third-order valence-corrected chi connectivity index (χ3v) is 2.54. The number of rotatable bonds is 9. The minimum absolute atomic E-state index is 0.109. The Morgan fingerprint density at radius 1 is 1.39 bits per heavy atom. The van der Waals surface area contributed by atoms with Crippen molar-refractivity contribution in [3.8, 4) is 0 Å². The van der Waals surface area contributed by atoms with Crippen LogP contribution in [0.3, 0.4) is 0 Å². The molecule has 6 heteroatoms. The molecule has 1 aromatic rings. The number of hydrogen-bond acceptors (Lipinski definition) is 6. The van der Waals surface area contributed by atoms with Gasteiger partial charge in [0.15, 0.2) is 0 Å². The average molecular weight is 254 g/mol. The first-order valence-electron chi connectivity index (χ1n) is 6.18. The van der Waals surface area contributed by atoms with Crippen LogP contribution in [0.4, 0.5) is 5.95 Å². The largest absolute Gasteiger partial charge is 0.395 e. The normalized spacial score (nSPS) is 10.6. The predicted molar refractivity (Wildman–Crippen MR) is 70.6 cm³/mol. The molecule has 0 saturated carbocycles. The molecule has 0 fully saturated rings. The molecule has 102 valence electrons. The van der Waals surface area contributed by atoms with E-state index in [1.165, 1.54) is 0 Å². The zero-order valence-corrected chi connectivity index (χ0v) is 11.1. The van der Waals surface area contributed by atoms with Crippen molar-refractivity contribution >= 4 is 5.95 Å². The van der Waals surface area contributed by atoms with E-state index in [1.807, 2.05) is 24.2 Å². The van der Waals surface area contributed by atoms with Crippen LogP contribution in [0.2, 0.25) is 0 Å². The van der Waals surface area contributed by atoms with Gasteiger partial charge in [0, 0.05) is 51.2 Å². The van der Waals surface area contributed by atoms with Gasteiger partial charge < -0.3 is 20.1 Å². The van der Waals surface area contributed by atoms with Crippen molar-refractivity contribution in [2.24, 2.45) is 0 Å². The number of nitrogens with one attached hydrogen (secondary N) is 1. The predicted octanol–water partition coefficient (Wildman–Crippen LogP) is 0.0312. The van der Waals surface area contributed by atoms with Gasteiger partial charge in [0.25, 0.3) is 0 Å². The molecule has 0 radical (unpaired) electrons. The van der Waals surface area contributed by atoms with E-state index in [9.17, 15) is 0 Å². The van der Waals surface area contributed by atoms with E-state index in [1.54, 1.807) is 7.11 Å². The minimum Gasteiger partial charge on any atom is -0.395 e. The van der Waals surface area contributed by atoms with Crippen molar-refractivity contribution in [3.63, 3.8) is 0 Å². The van der Waals surface area contributed by atoms with E-state index in [-0.39, 0.29) is 6.61 Å². The van der Waals surface area contributed by atoms with Crippen molar-refractivity contribution in [1.82, 2.24) is 15.3 Å². The third kappa shape index (κ3) is 4.95. The van der Waals surface area contributed by atoms with E-state index >= 15 is 0 Å². The van der Waals surface area contributed by atoms with E-state index in [4.69, 9.17) is 9.84 Å². The number of anilines is 1. The highest BCUT2D eigenvalue weighted by molar-refractivity contribution is 5.29. The number of ether oxygens (including phenoxy) is 1. The Morgan fingerprint density at radius 2 is 2.11 bits per heavy atom. The van der Waals surface area contributed by atoms with E-state index in [2.05, 4.69) is 15.3 Å². The second-order valence-corrected chi connectivity index (χ2v) is 3.86. The molecule has 0 atom stereocenters. The molecule has 2 N–H and O–H groups in total. The number of likely N-dealkylation sites (N-methyl/N-ethyl adjacent to an activating group) is 1. The summed E-state index contributed by atoms with van der Waals surface area (Å²) >= 11 is 0. The number of aromatic nitrogens is 2. The molecule has 6 nitrogen and oxygen atoms in total. The summed E-state index contributed by atoms with van der Waals surface area (Å²) in [7, 11) is 1.68. The Morgan fingerprint density at radius 3 is 2.67 bits per heavy atom. The molecule has 1 rings (SSSR count). The summed E-state index contributed by atoms with van der Waals surface area (Å²) in [6.45, 7) is 5.70. The van der Waals surface area contributed by atoms with Crippen LogP contribution >= 0.6 is 0 Å². The Labute approximate surface area is 108 Å². The Kier molecular flexibility index (Phi) is 7.24. The summed E-state index contributed by atoms with van der Waals surface area (Å²) in [6.07, 6.45) is 3.62. The van der Waals surface area contributed by atoms with Crippen molar-refractivity contribution < 1.29 is 9.84 Å². The Hall–Kier alpha value is -1.24. The second-order valence-electron chi connectivity index (χ2n) is 3.86. The molecule has 1 heterocycles. The lowest BCUT2D eigenvalue weighted by Gasteiger charge is -2.19. The zero-order chi connectivity index (χ0) is 13.2. The molecule has 0 saturated heterocycles. The van der Waals surface area contributed by atoms with Gasteiger partial charge in [-0.15, -0.1) is 0 Å². The molecule has 0 unspecified atom stereocenters. The first kappa shape index (κ1) is 14.8. The van der Waals surface area contributed by atoms with Gasteiger partial charge in [0.1, 0.15) is 0 Å². The van der Waals surface area contributed by atoms with Gasteiger partial charge in [-0.25, -0.2) is 9.97 Å². The molecule has 0 bridgehead atoms. The highest BCUT2D eigenvalue weighted by atomic mass is 16.5. The maximum absolute atomic E-state index is 8.93. The van der Waals surface area contributed by atoms with Gasteiger partial charge in [-0.1, -0.05) is 0 Å². The van der Waals surface area contributed by atoms with Crippen LogP contribution in [0, 0.1) is 0 Å². The molecule has 18 heavy (non-hydrogen) atoms. The van der Waals surface area contributed by atoms with Crippen molar-refractivity contribution in [2.75, 3.05) is 44.9 Å². The molecule has 0 amide bonds. The van der Waals surface area contributed by atoms with Crippen LogP contribution in [-0.2, 0) is 11.3 Å². The lowest BCUT2D eigenvalue weighted by Crippen LogP contribution is -2.28. The van der Waals surface area contributed by atoms with Crippen LogP contribution in [-0.4, -0.2) is 55.0 Å². The van der Waals surface area contributed by atoms with Crippen LogP contribution in [0.1, 0.15) is 12.5 Å². The number of nitrogens with zero attached hydrogens (tertiary/aromatic N) is 3. The quantitative estimate of drug-likeness (QED) is 0.606. The summed E-state index contributed by atoms with van der Waals surface area (Å²) in [4.78, 5) is 10.5. The highest BCUT2D eigenvalue weighted by Gasteiger charge is 2.06. The van der Waals surface area contributed by atoms with Gasteiger partial charge in [0.2, 0.25) is 5.95 Å². The lowest BCUT2D eigenvalue weighted by molar-refractivity contribution is 0.199. The monoisotopic (exact) mass is 254 g/mol. The SMILES string of the molecule is CCN(CCO)c1ncc(CNCCOC)cn1. The molecule has 0 aliphatic carbocycles. The second kappa shape index (κ2) is 8.79. The fourth-order valence-corrected chi connectivity index (χ4v) is 1.53. The van der Waals surface area contributed by atoms with Crippen LogP contribution in [0.25, 0.3) is 0 Å². The maximum Gasteiger partial charge on any atom is 0.225 e. The molecule has 0 aliphatic heterocycles. The zero-order valence-electron chi connectivity index (χ0n) is 11.1. The summed E-state index contributed by atoms with van der Waals surface area (Å²) < 4.78 is 4.95. The molecule has 0 aliphatic rings. The Bertz CT molecular complexity index is 318. The van der Waals surface area contributed by atoms with Crippen molar-refractivity contribution in [2.45, 2.75) is 13.5 Å². The number of aliphatic hydroxyl groups is 1. The standard InChI is InChI=1S/C12H22N4O2/c1-3-16(5-6-17)12-14-9-11(10-15-12)8-13-4-7-18-2/h9-10,13,17H,3-8H2,1-2H3. The van der Waals surface area contributed by atoms with Crippen LogP contribution in [0.15, 0.2) is 12.4 Å². The third-order valence-electron chi connectivity index (χ3n) is 2.54. The Balaban J connectivity index is 2.45. The first-order chi connectivity index (χ1) is 8.81. The van der Waals surface area contributed by atoms with Gasteiger partial charge in [-0.3, -0.25) is 0 Å². The first-order valence-corrected chi connectivity index (χ1v) is 6.18. The molecule has 1 aromatic heterocycles. The summed E-state index contributed by atoms with van der Waals surface area (Å²) in [5.74, 6) is 0.659. The van der Waals surface area contributed by atoms with E-state index in [0.717, 1.165) is 25.2 Å². The number of methoxy groups -OCH3 is 1. The number of aliphatic hydroxyl groups excluding tert-OH is 1. The average Bonchev–Trinajstić information content (AvgIpc) is 2.42. The van der Waals surface area contributed by atoms with Gasteiger partial charge >= 0.3 is 0 Å². The highest BCUT2D eigenvalue weighted by Crippen LogP contribution is 2.06. The summed E-state index contributed by atoms with van der Waals surface area (Å²) in [6, 6.07) is 0. The van der Waals surface area contributed by atoms with Crippen LogP contribution < -0.4 is 10.2 Å². The maximum atomic E-state index is 8.93. The van der Waals surface area contributed by atoms with Gasteiger partial charge in [-0.2, -0.15) is 0 Å².